The Balaban J connectivity index is 3.73. The Bertz CT molecular complexity index is 537. The Labute approximate surface area is 165 Å². The fourth-order valence-electron chi connectivity index (χ4n) is 2.11. The predicted molar refractivity (Wildman–Crippen MR) is 102 cm³/mol. The number of aliphatic carboxylic acids is 2. The fraction of sp³-hybridized carbons (Fsp3) is 0.600. The molecule has 0 saturated heterocycles. The number of carboxylic acid groups (broad SMARTS) is 2. The van der Waals surface area contributed by atoms with Crippen molar-refractivity contribution in [1.82, 2.24) is 0 Å². The largest absolute Gasteiger partial charge is 0.481 e. The van der Waals surface area contributed by atoms with Gasteiger partial charge >= 0.3 is 23.9 Å². The van der Waals surface area contributed by atoms with E-state index in [-0.39, 0.29) is 26.1 Å². The molecule has 0 aromatic carbocycles. The molecule has 2 N–H and O–H groups in total. The van der Waals surface area contributed by atoms with Gasteiger partial charge in [0.15, 0.2) is 0 Å². The van der Waals surface area contributed by atoms with Crippen LogP contribution in [0.3, 0.4) is 0 Å². The summed E-state index contributed by atoms with van der Waals surface area (Å²) in [7, 11) is 0. The van der Waals surface area contributed by atoms with E-state index >= 15 is 0 Å². The van der Waals surface area contributed by atoms with E-state index < -0.39 is 23.9 Å². The van der Waals surface area contributed by atoms with Crippen molar-refractivity contribution in [1.29, 1.82) is 0 Å². The first-order chi connectivity index (χ1) is 13.2. The molecular formula is C20H30O8. The zero-order valence-electron chi connectivity index (χ0n) is 16.6. The third-order valence-corrected chi connectivity index (χ3v) is 3.77. The quantitative estimate of drug-likeness (QED) is 0.244. The lowest BCUT2D eigenvalue weighted by atomic mass is 10.2. The highest BCUT2D eigenvalue weighted by Crippen LogP contribution is 2.06. The predicted octanol–water partition coefficient (Wildman–Crippen LogP) is 3.26. The Kier molecular flexibility index (Phi) is 14.0. The van der Waals surface area contributed by atoms with Gasteiger partial charge in [-0.05, 0) is 52.4 Å². The molecule has 0 radical (unpaired) electrons. The molecule has 0 rings (SSSR count). The van der Waals surface area contributed by atoms with Crippen LogP contribution in [0.2, 0.25) is 0 Å². The first kappa shape index (κ1) is 25.4. The summed E-state index contributed by atoms with van der Waals surface area (Å²) in [5, 5.41) is 17.1. The van der Waals surface area contributed by atoms with Crippen molar-refractivity contribution in [3.8, 4) is 0 Å². The zero-order valence-corrected chi connectivity index (χ0v) is 16.6. The summed E-state index contributed by atoms with van der Waals surface area (Å²) in [4.78, 5) is 44.2. The molecule has 0 aliphatic carbocycles. The van der Waals surface area contributed by atoms with E-state index in [2.05, 4.69) is 0 Å². The Morgan fingerprint density at radius 2 is 1.04 bits per heavy atom. The SMILES string of the molecule is CC(=CCCC(=O)O)C(=O)OCCCCCCOC(=O)C(C)=CCCC(=O)O. The molecule has 0 aromatic heterocycles. The highest BCUT2D eigenvalue weighted by atomic mass is 16.5. The number of carboxylic acids is 2. The first-order valence-corrected chi connectivity index (χ1v) is 9.35. The molecule has 0 unspecified atom stereocenters. The van der Waals surface area contributed by atoms with Gasteiger partial charge < -0.3 is 19.7 Å². The van der Waals surface area contributed by atoms with E-state index in [0.717, 1.165) is 12.8 Å². The molecular weight excluding hydrogens is 368 g/mol. The molecule has 0 fully saturated rings. The van der Waals surface area contributed by atoms with Crippen molar-refractivity contribution >= 4 is 23.9 Å². The number of rotatable bonds is 15. The standard InChI is InChI=1S/C20H30O8/c1-15(9-7-11-17(21)22)19(25)27-13-5-3-4-6-14-28-20(26)16(2)10-8-12-18(23)24/h9-10H,3-8,11-14H2,1-2H3,(H,21,22)(H,23,24). The molecule has 0 bridgehead atoms. The average Bonchev–Trinajstić information content (AvgIpc) is 2.62. The number of allylic oxidation sites excluding steroid dienone is 2. The minimum absolute atomic E-state index is 0.0210. The smallest absolute Gasteiger partial charge is 0.333 e. The fourth-order valence-corrected chi connectivity index (χ4v) is 2.11. The number of carbonyl (C=O) groups excluding carboxylic acids is 2. The summed E-state index contributed by atoms with van der Waals surface area (Å²) in [6, 6.07) is 0. The van der Waals surface area contributed by atoms with Gasteiger partial charge in [-0.15, -0.1) is 0 Å². The highest BCUT2D eigenvalue weighted by Gasteiger charge is 2.07. The van der Waals surface area contributed by atoms with Crippen molar-refractivity contribution in [2.24, 2.45) is 0 Å². The van der Waals surface area contributed by atoms with Gasteiger partial charge in [-0.2, -0.15) is 0 Å². The molecule has 0 spiro atoms. The van der Waals surface area contributed by atoms with Gasteiger partial charge in [-0.25, -0.2) is 9.59 Å². The van der Waals surface area contributed by atoms with Crippen LogP contribution in [0.15, 0.2) is 23.3 Å². The van der Waals surface area contributed by atoms with E-state index in [1.807, 2.05) is 0 Å². The molecule has 0 aliphatic heterocycles. The number of esters is 2. The molecule has 0 saturated carbocycles. The summed E-state index contributed by atoms with van der Waals surface area (Å²) in [6.07, 6.45) is 6.68. The number of hydrogen-bond donors (Lipinski definition) is 2. The zero-order chi connectivity index (χ0) is 21.4. The topological polar surface area (TPSA) is 127 Å². The summed E-state index contributed by atoms with van der Waals surface area (Å²) in [5.74, 6) is -2.70. The molecule has 8 heteroatoms. The third-order valence-electron chi connectivity index (χ3n) is 3.77. The lowest BCUT2D eigenvalue weighted by Gasteiger charge is -2.06. The monoisotopic (exact) mass is 398 g/mol. The molecule has 0 aliphatic rings. The van der Waals surface area contributed by atoms with Crippen molar-refractivity contribution in [2.75, 3.05) is 13.2 Å². The van der Waals surface area contributed by atoms with E-state index in [0.29, 0.717) is 36.8 Å². The maximum atomic E-state index is 11.7. The van der Waals surface area contributed by atoms with E-state index in [4.69, 9.17) is 19.7 Å². The van der Waals surface area contributed by atoms with Gasteiger partial charge in [0.05, 0.1) is 13.2 Å². The Hall–Kier alpha value is -2.64. The second kappa shape index (κ2) is 15.4. The molecule has 0 heterocycles. The number of unbranched alkanes of at least 4 members (excludes halogenated alkanes) is 3. The molecule has 0 amide bonds. The van der Waals surface area contributed by atoms with Crippen LogP contribution in [-0.4, -0.2) is 47.3 Å². The lowest BCUT2D eigenvalue weighted by molar-refractivity contribution is -0.140. The number of ether oxygens (including phenoxy) is 2. The van der Waals surface area contributed by atoms with Gasteiger partial charge in [0.2, 0.25) is 0 Å². The van der Waals surface area contributed by atoms with Crippen LogP contribution in [0.5, 0.6) is 0 Å². The minimum Gasteiger partial charge on any atom is -0.481 e. The van der Waals surface area contributed by atoms with Crippen LogP contribution in [0.1, 0.15) is 65.2 Å². The summed E-state index contributed by atoms with van der Waals surface area (Å²) < 4.78 is 10.2. The van der Waals surface area contributed by atoms with E-state index in [1.54, 1.807) is 26.0 Å². The molecule has 158 valence electrons. The van der Waals surface area contributed by atoms with Gasteiger partial charge in [-0.3, -0.25) is 9.59 Å². The van der Waals surface area contributed by atoms with Crippen LogP contribution in [0.4, 0.5) is 0 Å². The number of carbonyl (C=O) groups is 4. The van der Waals surface area contributed by atoms with Crippen LogP contribution in [0, 0.1) is 0 Å². The average molecular weight is 398 g/mol. The van der Waals surface area contributed by atoms with Crippen molar-refractivity contribution in [2.45, 2.75) is 65.2 Å². The lowest BCUT2D eigenvalue weighted by Crippen LogP contribution is -2.08. The van der Waals surface area contributed by atoms with Crippen LogP contribution < -0.4 is 0 Å². The summed E-state index contributed by atoms with van der Waals surface area (Å²) >= 11 is 0. The Morgan fingerprint density at radius 3 is 1.36 bits per heavy atom. The summed E-state index contributed by atoms with van der Waals surface area (Å²) in [6.45, 7) is 3.76. The molecule has 0 aromatic rings. The summed E-state index contributed by atoms with van der Waals surface area (Å²) in [5.41, 5.74) is 0.805. The highest BCUT2D eigenvalue weighted by molar-refractivity contribution is 5.88. The van der Waals surface area contributed by atoms with Crippen molar-refractivity contribution < 1.29 is 38.9 Å². The third kappa shape index (κ3) is 14.5. The van der Waals surface area contributed by atoms with Crippen LogP contribution in [-0.2, 0) is 28.7 Å². The van der Waals surface area contributed by atoms with Gasteiger partial charge in [0.25, 0.3) is 0 Å². The minimum atomic E-state index is -0.910. The molecule has 0 atom stereocenters. The maximum Gasteiger partial charge on any atom is 0.333 e. The maximum absolute atomic E-state index is 11.7. The van der Waals surface area contributed by atoms with Crippen molar-refractivity contribution in [3.63, 3.8) is 0 Å². The first-order valence-electron chi connectivity index (χ1n) is 9.35. The normalized spacial score (nSPS) is 11.8. The second-order valence-electron chi connectivity index (χ2n) is 6.33. The Morgan fingerprint density at radius 1 is 0.679 bits per heavy atom. The van der Waals surface area contributed by atoms with E-state index in [9.17, 15) is 19.2 Å². The van der Waals surface area contributed by atoms with Crippen LogP contribution in [0.25, 0.3) is 0 Å². The van der Waals surface area contributed by atoms with E-state index in [1.165, 1.54) is 0 Å². The van der Waals surface area contributed by atoms with Crippen LogP contribution >= 0.6 is 0 Å². The second-order valence-corrected chi connectivity index (χ2v) is 6.33. The van der Waals surface area contributed by atoms with Gasteiger partial charge in [0.1, 0.15) is 0 Å². The number of hydrogen-bond acceptors (Lipinski definition) is 6. The van der Waals surface area contributed by atoms with Gasteiger partial charge in [0, 0.05) is 24.0 Å². The molecule has 8 nitrogen and oxygen atoms in total. The van der Waals surface area contributed by atoms with Gasteiger partial charge in [-0.1, -0.05) is 12.2 Å². The molecule has 28 heavy (non-hydrogen) atoms. The van der Waals surface area contributed by atoms with Crippen molar-refractivity contribution in [3.05, 3.63) is 23.3 Å².